The minimum absolute atomic E-state index is 0.0203. The topological polar surface area (TPSA) is 87.6 Å². The fourth-order valence-electron chi connectivity index (χ4n) is 3.42. The van der Waals surface area contributed by atoms with E-state index >= 15 is 0 Å². The molecule has 0 bridgehead atoms. The molecule has 0 saturated carbocycles. The van der Waals surface area contributed by atoms with E-state index in [4.69, 9.17) is 21.3 Å². The zero-order valence-corrected chi connectivity index (χ0v) is 17.8. The summed E-state index contributed by atoms with van der Waals surface area (Å²) in [6.07, 6.45) is 4.17. The molecule has 1 saturated heterocycles. The Morgan fingerprint density at radius 3 is 2.82 bits per heavy atom. The van der Waals surface area contributed by atoms with Gasteiger partial charge in [-0.1, -0.05) is 36.4 Å². The normalized spacial score (nSPS) is 16.7. The second-order valence-corrected chi connectivity index (χ2v) is 8.23. The Balaban J connectivity index is 2.04. The molecule has 0 spiro atoms. The van der Waals surface area contributed by atoms with Crippen molar-refractivity contribution in [3.63, 3.8) is 0 Å². The Labute approximate surface area is 173 Å². The molecule has 0 aromatic carbocycles. The number of fused-ring (bicyclic) bond motifs is 1. The van der Waals surface area contributed by atoms with Crippen molar-refractivity contribution in [1.29, 1.82) is 0 Å². The summed E-state index contributed by atoms with van der Waals surface area (Å²) in [6, 6.07) is 2.07. The molecule has 2 aromatic heterocycles. The van der Waals surface area contributed by atoms with Crippen molar-refractivity contribution in [2.24, 2.45) is 4.99 Å². The number of pyridine rings is 1. The molecule has 6 nitrogen and oxygen atoms in total. The summed E-state index contributed by atoms with van der Waals surface area (Å²) < 4.78 is 5.52. The van der Waals surface area contributed by atoms with E-state index in [-0.39, 0.29) is 5.70 Å². The van der Waals surface area contributed by atoms with Crippen molar-refractivity contribution in [1.82, 2.24) is 9.97 Å². The summed E-state index contributed by atoms with van der Waals surface area (Å²) in [4.78, 5) is 23.5. The molecule has 0 atom stereocenters. The molecule has 3 heterocycles. The average Bonchev–Trinajstić information content (AvgIpc) is 3.01. The summed E-state index contributed by atoms with van der Waals surface area (Å²) >= 11 is 8.02. The molecule has 2 N–H and O–H groups in total. The number of aliphatic imine (C=N–C) groups is 1. The first kappa shape index (κ1) is 20.9. The van der Waals surface area contributed by atoms with Crippen LogP contribution in [-0.4, -0.2) is 39.3 Å². The van der Waals surface area contributed by atoms with Crippen molar-refractivity contribution >= 4 is 45.4 Å². The molecular weight excluding hydrogens is 398 g/mol. The van der Waals surface area contributed by atoms with Crippen molar-refractivity contribution in [3.05, 3.63) is 34.1 Å². The summed E-state index contributed by atoms with van der Waals surface area (Å²) in [5.41, 5.74) is 2.94. The van der Waals surface area contributed by atoms with Gasteiger partial charge in [-0.3, -0.25) is 0 Å². The van der Waals surface area contributed by atoms with Gasteiger partial charge in [0.05, 0.1) is 10.1 Å². The number of hydrogen-bond acceptors (Lipinski definition) is 5. The molecule has 3 rings (SSSR count). The van der Waals surface area contributed by atoms with Gasteiger partial charge >= 0.3 is 5.97 Å². The third-order valence-electron chi connectivity index (χ3n) is 4.82. The number of hydrogen-bond donors (Lipinski definition) is 2. The lowest BCUT2D eigenvalue weighted by atomic mass is 9.90. The van der Waals surface area contributed by atoms with Gasteiger partial charge in [0.25, 0.3) is 0 Å². The van der Waals surface area contributed by atoms with E-state index in [1.54, 1.807) is 13.8 Å². The molecule has 2 aromatic rings. The third-order valence-corrected chi connectivity index (χ3v) is 6.04. The number of aromatic nitrogens is 2. The summed E-state index contributed by atoms with van der Waals surface area (Å²) in [7, 11) is 0. The highest BCUT2D eigenvalue weighted by Gasteiger charge is 2.23. The Kier molecular flexibility index (Phi) is 6.80. The molecule has 28 heavy (non-hydrogen) atoms. The number of thioether (sulfide) groups is 1. The fourth-order valence-corrected chi connectivity index (χ4v) is 4.57. The Morgan fingerprint density at radius 2 is 2.21 bits per heavy atom. The fraction of sp³-hybridized carbons (Fsp3) is 0.450. The molecule has 150 valence electrons. The van der Waals surface area contributed by atoms with Gasteiger partial charge in [0.1, 0.15) is 16.4 Å². The number of allylic oxidation sites excluding steroid dienone is 1. The number of halogens is 1. The van der Waals surface area contributed by atoms with Gasteiger partial charge in [0.2, 0.25) is 0 Å². The molecule has 0 amide bonds. The maximum Gasteiger partial charge on any atom is 0.354 e. The number of ether oxygens (including phenoxy) is 1. The number of nitrogens with one attached hydrogen (secondary N) is 1. The first-order valence-corrected chi connectivity index (χ1v) is 10.6. The Hall–Kier alpha value is -1.83. The first-order chi connectivity index (χ1) is 13.4. The van der Waals surface area contributed by atoms with Gasteiger partial charge in [-0.15, -0.1) is 0 Å². The lowest BCUT2D eigenvalue weighted by molar-refractivity contribution is -0.132. The number of carbonyl (C=O) groups is 1. The maximum absolute atomic E-state index is 11.2. The number of aryl methyl sites for hydroxylation is 1. The number of carboxylic acids is 1. The van der Waals surface area contributed by atoms with Crippen molar-refractivity contribution in [2.45, 2.75) is 51.0 Å². The minimum atomic E-state index is -1.04. The number of nitrogens with zero attached hydrogens (tertiary/aromatic N) is 2. The first-order valence-electron chi connectivity index (χ1n) is 9.36. The Bertz CT molecular complexity index is 946. The van der Waals surface area contributed by atoms with Gasteiger partial charge < -0.3 is 14.8 Å². The standard InChI is InChI=1S/C20H24ClN3O3S/c1-4-14-18(21)17-13(12-6-8-27-9-7-12)10-16(24-19(17)23-14)28-11(3)22-15(5-2)20(25)26/h5,10,12H,4,6-9H2,1-3H3,(H,23,24)(H,25,26)/b15-5-,22-11?. The SMILES string of the molecule is C/C=C(\N=C(C)Sc1cc(C2CCOCC2)c2c(Cl)c(CC)[nH]c2n1)C(=O)O. The maximum atomic E-state index is 11.2. The van der Waals surface area contributed by atoms with E-state index in [0.29, 0.717) is 11.0 Å². The van der Waals surface area contributed by atoms with Crippen molar-refractivity contribution < 1.29 is 14.6 Å². The molecule has 1 fully saturated rings. The van der Waals surface area contributed by atoms with Gasteiger partial charge in [-0.2, -0.15) is 0 Å². The summed E-state index contributed by atoms with van der Waals surface area (Å²) in [5.74, 6) is -0.684. The van der Waals surface area contributed by atoms with Crippen LogP contribution in [0.4, 0.5) is 0 Å². The zero-order chi connectivity index (χ0) is 20.3. The predicted octanol–water partition coefficient (Wildman–Crippen LogP) is 5.17. The van der Waals surface area contributed by atoms with Crippen molar-refractivity contribution in [3.8, 4) is 0 Å². The molecule has 1 aliphatic heterocycles. The quantitative estimate of drug-likeness (QED) is 0.301. The van der Waals surface area contributed by atoms with Gasteiger partial charge in [-0.05, 0) is 50.7 Å². The van der Waals surface area contributed by atoms with Crippen molar-refractivity contribution in [2.75, 3.05) is 13.2 Å². The van der Waals surface area contributed by atoms with Crippen LogP contribution in [0, 0.1) is 0 Å². The van der Waals surface area contributed by atoms with E-state index in [0.717, 1.165) is 59.3 Å². The molecule has 0 radical (unpaired) electrons. The molecule has 8 heteroatoms. The van der Waals surface area contributed by atoms with E-state index < -0.39 is 5.97 Å². The van der Waals surface area contributed by atoms with Gasteiger partial charge in [0.15, 0.2) is 0 Å². The second-order valence-electron chi connectivity index (χ2n) is 6.64. The van der Waals surface area contributed by atoms with Crippen LogP contribution < -0.4 is 0 Å². The van der Waals surface area contributed by atoms with Crippen LogP contribution in [-0.2, 0) is 16.0 Å². The van der Waals surface area contributed by atoms with Crippen LogP contribution >= 0.6 is 23.4 Å². The van der Waals surface area contributed by atoms with Crippen LogP contribution in [0.2, 0.25) is 5.02 Å². The predicted molar refractivity (Wildman–Crippen MR) is 114 cm³/mol. The molecule has 0 aliphatic carbocycles. The molecular formula is C20H24ClN3O3S. The monoisotopic (exact) mass is 421 g/mol. The minimum Gasteiger partial charge on any atom is -0.477 e. The zero-order valence-electron chi connectivity index (χ0n) is 16.2. The Morgan fingerprint density at radius 1 is 1.50 bits per heavy atom. The smallest absolute Gasteiger partial charge is 0.354 e. The highest BCUT2D eigenvalue weighted by atomic mass is 35.5. The lowest BCUT2D eigenvalue weighted by Gasteiger charge is -2.23. The van der Waals surface area contributed by atoms with Crippen LogP contribution in [0.1, 0.15) is 50.8 Å². The van der Waals surface area contributed by atoms with Crippen LogP contribution in [0.15, 0.2) is 27.9 Å². The highest BCUT2D eigenvalue weighted by Crippen LogP contribution is 2.39. The molecule has 1 aliphatic rings. The van der Waals surface area contributed by atoms with E-state index in [1.807, 2.05) is 0 Å². The lowest BCUT2D eigenvalue weighted by Crippen LogP contribution is -2.14. The van der Waals surface area contributed by atoms with Crippen LogP contribution in [0.25, 0.3) is 11.0 Å². The second kappa shape index (κ2) is 9.11. The highest BCUT2D eigenvalue weighted by molar-refractivity contribution is 8.13. The number of rotatable bonds is 5. The van der Waals surface area contributed by atoms with Crippen LogP contribution in [0.3, 0.4) is 0 Å². The summed E-state index contributed by atoms with van der Waals surface area (Å²) in [5, 5.41) is 12.3. The average molecular weight is 422 g/mol. The largest absolute Gasteiger partial charge is 0.477 e. The van der Waals surface area contributed by atoms with E-state index in [1.165, 1.54) is 23.4 Å². The molecule has 0 unspecified atom stereocenters. The number of aromatic amines is 1. The van der Waals surface area contributed by atoms with E-state index in [9.17, 15) is 9.90 Å². The van der Waals surface area contributed by atoms with E-state index in [2.05, 4.69) is 23.0 Å². The van der Waals surface area contributed by atoms with Gasteiger partial charge in [-0.25, -0.2) is 14.8 Å². The summed E-state index contributed by atoms with van der Waals surface area (Å²) in [6.45, 7) is 6.98. The number of H-pyrrole nitrogens is 1. The third kappa shape index (κ3) is 4.42. The number of carboxylic acid groups (broad SMARTS) is 1. The van der Waals surface area contributed by atoms with Crippen LogP contribution in [0.5, 0.6) is 0 Å². The van der Waals surface area contributed by atoms with Gasteiger partial charge in [0, 0.05) is 24.3 Å². The number of aliphatic carboxylic acids is 1.